The molecule has 0 aliphatic carbocycles. The van der Waals surface area contributed by atoms with E-state index in [2.05, 4.69) is 33.9 Å². The van der Waals surface area contributed by atoms with Crippen LogP contribution in [-0.2, 0) is 6.18 Å². The molecule has 0 spiro atoms. The zero-order valence-corrected chi connectivity index (χ0v) is 19.5. The van der Waals surface area contributed by atoms with Crippen LogP contribution in [0.4, 0.5) is 19.1 Å². The summed E-state index contributed by atoms with van der Waals surface area (Å²) in [6.07, 6.45) is 1.80. The van der Waals surface area contributed by atoms with Crippen LogP contribution in [0.2, 0.25) is 0 Å². The maximum Gasteiger partial charge on any atom is 0.416 e. The SMILES string of the molecule is CC(C)N1CCC(N(CC2CCNCC2)c2nccc(-c3ccc(C(F)(F)F)cc3)n2)CC1. The molecule has 2 aliphatic heterocycles. The third kappa shape index (κ3) is 6.03. The van der Waals surface area contributed by atoms with E-state index in [-0.39, 0.29) is 0 Å². The molecule has 33 heavy (non-hydrogen) atoms. The molecule has 2 aliphatic rings. The van der Waals surface area contributed by atoms with Crippen LogP contribution in [0.15, 0.2) is 36.5 Å². The van der Waals surface area contributed by atoms with Crippen LogP contribution >= 0.6 is 0 Å². The van der Waals surface area contributed by atoms with Gasteiger partial charge >= 0.3 is 6.18 Å². The molecule has 1 aromatic carbocycles. The van der Waals surface area contributed by atoms with Gasteiger partial charge in [0, 0.05) is 43.5 Å². The number of hydrogen-bond acceptors (Lipinski definition) is 5. The fourth-order valence-corrected chi connectivity index (χ4v) is 4.93. The van der Waals surface area contributed by atoms with Crippen molar-refractivity contribution in [1.29, 1.82) is 0 Å². The molecule has 1 aromatic heterocycles. The molecule has 180 valence electrons. The summed E-state index contributed by atoms with van der Waals surface area (Å²) < 4.78 is 38.9. The fraction of sp³-hybridized carbons (Fsp3) is 0.600. The van der Waals surface area contributed by atoms with Crippen LogP contribution in [0.5, 0.6) is 0 Å². The van der Waals surface area contributed by atoms with Gasteiger partial charge in [0.2, 0.25) is 5.95 Å². The zero-order valence-electron chi connectivity index (χ0n) is 19.5. The first-order chi connectivity index (χ1) is 15.8. The van der Waals surface area contributed by atoms with Gasteiger partial charge in [-0.3, -0.25) is 0 Å². The first kappa shape index (κ1) is 24.0. The van der Waals surface area contributed by atoms with Crippen molar-refractivity contribution >= 4 is 5.95 Å². The van der Waals surface area contributed by atoms with Crippen LogP contribution in [0.25, 0.3) is 11.3 Å². The van der Waals surface area contributed by atoms with Gasteiger partial charge in [0.05, 0.1) is 11.3 Å². The van der Waals surface area contributed by atoms with Crippen LogP contribution in [-0.4, -0.2) is 59.7 Å². The van der Waals surface area contributed by atoms with Crippen molar-refractivity contribution in [2.24, 2.45) is 5.92 Å². The molecule has 0 amide bonds. The Morgan fingerprint density at radius 2 is 1.70 bits per heavy atom. The minimum absolute atomic E-state index is 0.373. The summed E-state index contributed by atoms with van der Waals surface area (Å²) in [5, 5.41) is 3.43. The third-order valence-corrected chi connectivity index (χ3v) is 6.99. The Hall–Kier alpha value is -2.19. The number of hydrogen-bond donors (Lipinski definition) is 1. The van der Waals surface area contributed by atoms with Crippen molar-refractivity contribution in [2.75, 3.05) is 37.6 Å². The van der Waals surface area contributed by atoms with Gasteiger partial charge in [-0.1, -0.05) is 12.1 Å². The Bertz CT molecular complexity index is 886. The Kier molecular flexibility index (Phi) is 7.54. The second-order valence-corrected chi connectivity index (χ2v) is 9.52. The Morgan fingerprint density at radius 1 is 1.03 bits per heavy atom. The molecule has 0 bridgehead atoms. The molecule has 5 nitrogen and oxygen atoms in total. The molecule has 0 radical (unpaired) electrons. The van der Waals surface area contributed by atoms with Crippen LogP contribution < -0.4 is 10.2 Å². The predicted octanol–water partition coefficient (Wildman–Crippen LogP) is 4.84. The summed E-state index contributed by atoms with van der Waals surface area (Å²) in [7, 11) is 0. The standard InChI is InChI=1S/C25H34F3N5/c1-18(2)32-15-10-22(11-16-32)33(17-19-7-12-29-13-8-19)24-30-14-9-23(31-24)20-3-5-21(6-4-20)25(26,27)28/h3-6,9,14,18-19,22,29H,7-8,10-13,15-17H2,1-2H3. The van der Waals surface area contributed by atoms with Gasteiger partial charge < -0.3 is 15.1 Å². The number of anilines is 1. The molecular weight excluding hydrogens is 427 g/mol. The average molecular weight is 462 g/mol. The van der Waals surface area contributed by atoms with Gasteiger partial charge in [-0.15, -0.1) is 0 Å². The van der Waals surface area contributed by atoms with E-state index < -0.39 is 11.7 Å². The zero-order chi connectivity index (χ0) is 23.4. The first-order valence-corrected chi connectivity index (χ1v) is 12.0. The minimum Gasteiger partial charge on any atom is -0.337 e. The molecule has 2 fully saturated rings. The van der Waals surface area contributed by atoms with Gasteiger partial charge in [-0.05, 0) is 76.7 Å². The minimum atomic E-state index is -4.34. The second-order valence-electron chi connectivity index (χ2n) is 9.52. The van der Waals surface area contributed by atoms with Crippen molar-refractivity contribution in [1.82, 2.24) is 20.2 Å². The lowest BCUT2D eigenvalue weighted by Crippen LogP contribution is -2.49. The highest BCUT2D eigenvalue weighted by molar-refractivity contribution is 5.60. The topological polar surface area (TPSA) is 44.3 Å². The molecule has 1 N–H and O–H groups in total. The highest BCUT2D eigenvalue weighted by atomic mass is 19.4. The predicted molar refractivity (Wildman–Crippen MR) is 125 cm³/mol. The maximum absolute atomic E-state index is 13.0. The number of aromatic nitrogens is 2. The van der Waals surface area contributed by atoms with Crippen LogP contribution in [0.1, 0.15) is 45.1 Å². The average Bonchev–Trinajstić information content (AvgIpc) is 2.83. The number of benzene rings is 1. The molecule has 0 saturated carbocycles. The monoisotopic (exact) mass is 461 g/mol. The van der Waals surface area contributed by atoms with Crippen LogP contribution in [0.3, 0.4) is 0 Å². The molecule has 4 rings (SSSR count). The number of likely N-dealkylation sites (tertiary alicyclic amines) is 1. The number of piperidine rings is 2. The highest BCUT2D eigenvalue weighted by Crippen LogP contribution is 2.31. The summed E-state index contributed by atoms with van der Waals surface area (Å²) in [5.74, 6) is 1.28. The summed E-state index contributed by atoms with van der Waals surface area (Å²) in [6.45, 7) is 9.60. The quantitative estimate of drug-likeness (QED) is 0.667. The third-order valence-electron chi connectivity index (χ3n) is 6.99. The van der Waals surface area contributed by atoms with Crippen LogP contribution in [0, 0.1) is 5.92 Å². The van der Waals surface area contributed by atoms with Crippen molar-refractivity contribution < 1.29 is 13.2 Å². The number of rotatable bonds is 6. The van der Waals surface area contributed by atoms with Gasteiger partial charge in [0.1, 0.15) is 0 Å². The van der Waals surface area contributed by atoms with Gasteiger partial charge in [0.15, 0.2) is 0 Å². The number of nitrogens with zero attached hydrogens (tertiary/aromatic N) is 4. The second kappa shape index (κ2) is 10.4. The largest absolute Gasteiger partial charge is 0.416 e. The fourth-order valence-electron chi connectivity index (χ4n) is 4.93. The summed E-state index contributed by atoms with van der Waals surface area (Å²) >= 11 is 0. The van der Waals surface area contributed by atoms with E-state index in [1.165, 1.54) is 12.1 Å². The number of nitrogens with one attached hydrogen (secondary N) is 1. The van der Waals surface area contributed by atoms with Gasteiger partial charge in [-0.25, -0.2) is 9.97 Å². The first-order valence-electron chi connectivity index (χ1n) is 12.0. The van der Waals surface area contributed by atoms with Crippen molar-refractivity contribution in [2.45, 2.75) is 57.8 Å². The van der Waals surface area contributed by atoms with E-state index in [9.17, 15) is 13.2 Å². The lowest BCUT2D eigenvalue weighted by atomic mass is 9.95. The van der Waals surface area contributed by atoms with E-state index in [4.69, 9.17) is 4.98 Å². The Balaban J connectivity index is 1.57. The van der Waals surface area contributed by atoms with Gasteiger partial charge in [0.25, 0.3) is 0 Å². The van der Waals surface area contributed by atoms with E-state index in [1.54, 1.807) is 12.3 Å². The summed E-state index contributed by atoms with van der Waals surface area (Å²) in [4.78, 5) is 14.3. The molecule has 0 unspecified atom stereocenters. The Labute approximate surface area is 194 Å². The Morgan fingerprint density at radius 3 is 2.30 bits per heavy atom. The normalized spacial score (nSPS) is 19.2. The molecule has 3 heterocycles. The lowest BCUT2D eigenvalue weighted by Gasteiger charge is -2.41. The maximum atomic E-state index is 13.0. The lowest BCUT2D eigenvalue weighted by molar-refractivity contribution is -0.137. The molecule has 2 aromatic rings. The van der Waals surface area contributed by atoms with Crippen molar-refractivity contribution in [3.63, 3.8) is 0 Å². The number of alkyl halides is 3. The van der Waals surface area contributed by atoms with Crippen molar-refractivity contribution in [3.8, 4) is 11.3 Å². The molecule has 2 saturated heterocycles. The highest BCUT2D eigenvalue weighted by Gasteiger charge is 2.31. The van der Waals surface area contributed by atoms with E-state index >= 15 is 0 Å². The van der Waals surface area contributed by atoms with E-state index in [0.717, 1.165) is 70.5 Å². The van der Waals surface area contributed by atoms with Crippen molar-refractivity contribution in [3.05, 3.63) is 42.1 Å². The molecular formula is C25H34F3N5. The van der Waals surface area contributed by atoms with E-state index in [0.29, 0.717) is 35.2 Å². The summed E-state index contributed by atoms with van der Waals surface area (Å²) in [5.41, 5.74) is 0.678. The number of halogens is 3. The molecule has 8 heteroatoms. The smallest absolute Gasteiger partial charge is 0.337 e. The van der Waals surface area contributed by atoms with E-state index in [1.807, 2.05) is 0 Å². The van der Waals surface area contributed by atoms with Gasteiger partial charge in [-0.2, -0.15) is 13.2 Å². The summed E-state index contributed by atoms with van der Waals surface area (Å²) in [6, 6.07) is 7.91. The molecule has 0 atom stereocenters.